The summed E-state index contributed by atoms with van der Waals surface area (Å²) >= 11 is 0. The number of aryl methyl sites for hydroxylation is 1. The van der Waals surface area contributed by atoms with Crippen LogP contribution in [0.1, 0.15) is 53.1 Å². The maximum Gasteiger partial charge on any atom is 0.251 e. The fourth-order valence-electron chi connectivity index (χ4n) is 3.28. The van der Waals surface area contributed by atoms with Crippen molar-refractivity contribution in [2.24, 2.45) is 5.73 Å². The second-order valence-electron chi connectivity index (χ2n) is 5.97. The highest BCUT2D eigenvalue weighted by Crippen LogP contribution is 2.43. The van der Waals surface area contributed by atoms with E-state index in [0.29, 0.717) is 11.6 Å². The average Bonchev–Trinajstić information content (AvgIpc) is 3.23. The second-order valence-corrected chi connectivity index (χ2v) is 5.97. The van der Waals surface area contributed by atoms with Crippen molar-refractivity contribution in [1.29, 1.82) is 0 Å². The Morgan fingerprint density at radius 3 is 2.33 bits per heavy atom. The summed E-state index contributed by atoms with van der Waals surface area (Å²) in [7, 11) is 0. The van der Waals surface area contributed by atoms with Crippen LogP contribution in [0.2, 0.25) is 0 Å². The third-order valence-corrected chi connectivity index (χ3v) is 4.39. The zero-order valence-corrected chi connectivity index (χ0v) is 12.9. The molecule has 1 aromatic heterocycles. The molecule has 0 bridgehead atoms. The Morgan fingerprint density at radius 2 is 1.86 bits per heavy atom. The van der Waals surface area contributed by atoms with Crippen LogP contribution in [-0.4, -0.2) is 10.5 Å². The predicted octanol–water partition coefficient (Wildman–Crippen LogP) is 3.77. The Kier molecular flexibility index (Phi) is 3.36. The van der Waals surface area contributed by atoms with Gasteiger partial charge in [-0.05, 0) is 38.7 Å². The number of aromatic nitrogens is 1. The smallest absolute Gasteiger partial charge is 0.251 e. The molecule has 3 nitrogen and oxygen atoms in total. The fraction of sp³-hybridized carbons (Fsp3) is 0.389. The van der Waals surface area contributed by atoms with Crippen LogP contribution in [0.15, 0.2) is 24.3 Å². The lowest BCUT2D eigenvalue weighted by Gasteiger charge is -2.10. The SMILES string of the molecule is CCc1c(-c2ccc(C)cc2)c(C(N)=O)c(C)n1C1CC1. The number of nitrogens with two attached hydrogens (primary N) is 1. The van der Waals surface area contributed by atoms with Crippen molar-refractivity contribution in [3.63, 3.8) is 0 Å². The predicted molar refractivity (Wildman–Crippen MR) is 85.5 cm³/mol. The minimum atomic E-state index is -0.322. The lowest BCUT2D eigenvalue weighted by molar-refractivity contribution is 0.1000. The molecular formula is C18H22N2O. The lowest BCUT2D eigenvalue weighted by atomic mass is 9.98. The van der Waals surface area contributed by atoms with Crippen molar-refractivity contribution < 1.29 is 4.79 Å². The van der Waals surface area contributed by atoms with E-state index in [-0.39, 0.29) is 5.91 Å². The van der Waals surface area contributed by atoms with E-state index in [2.05, 4.69) is 42.7 Å². The monoisotopic (exact) mass is 282 g/mol. The normalized spacial score (nSPS) is 14.4. The highest BCUT2D eigenvalue weighted by Gasteiger charge is 2.32. The summed E-state index contributed by atoms with van der Waals surface area (Å²) < 4.78 is 2.34. The average molecular weight is 282 g/mol. The summed E-state index contributed by atoms with van der Waals surface area (Å²) in [4.78, 5) is 12.0. The first kappa shape index (κ1) is 13.9. The van der Waals surface area contributed by atoms with Crippen LogP contribution in [-0.2, 0) is 6.42 Å². The van der Waals surface area contributed by atoms with Gasteiger partial charge in [0.1, 0.15) is 0 Å². The molecule has 1 saturated carbocycles. The number of hydrogen-bond donors (Lipinski definition) is 1. The first-order chi connectivity index (χ1) is 10.0. The van der Waals surface area contributed by atoms with Crippen molar-refractivity contribution in [1.82, 2.24) is 4.57 Å². The molecule has 1 aromatic carbocycles. The third-order valence-electron chi connectivity index (χ3n) is 4.39. The van der Waals surface area contributed by atoms with Crippen LogP contribution in [0, 0.1) is 13.8 Å². The van der Waals surface area contributed by atoms with Gasteiger partial charge >= 0.3 is 0 Å². The van der Waals surface area contributed by atoms with Crippen LogP contribution in [0.4, 0.5) is 0 Å². The van der Waals surface area contributed by atoms with E-state index < -0.39 is 0 Å². The Labute approximate surface area is 125 Å². The molecular weight excluding hydrogens is 260 g/mol. The molecule has 0 spiro atoms. The summed E-state index contributed by atoms with van der Waals surface area (Å²) in [6.45, 7) is 6.24. The number of amides is 1. The first-order valence-electron chi connectivity index (χ1n) is 7.65. The van der Waals surface area contributed by atoms with Crippen molar-refractivity contribution in [3.8, 4) is 11.1 Å². The van der Waals surface area contributed by atoms with Crippen molar-refractivity contribution in [2.75, 3.05) is 0 Å². The van der Waals surface area contributed by atoms with Gasteiger partial charge in [0.25, 0.3) is 5.91 Å². The topological polar surface area (TPSA) is 48.0 Å². The standard InChI is InChI=1S/C18H22N2O/c1-4-15-17(13-7-5-11(2)6-8-13)16(18(19)21)12(3)20(15)14-9-10-14/h5-8,14H,4,9-10H2,1-3H3,(H2,19,21). The van der Waals surface area contributed by atoms with E-state index in [4.69, 9.17) is 5.73 Å². The van der Waals surface area contributed by atoms with Crippen LogP contribution < -0.4 is 5.73 Å². The molecule has 1 heterocycles. The number of carbonyl (C=O) groups is 1. The maximum absolute atomic E-state index is 12.0. The molecule has 2 N–H and O–H groups in total. The summed E-state index contributed by atoms with van der Waals surface area (Å²) in [5, 5.41) is 0. The molecule has 2 aromatic rings. The van der Waals surface area contributed by atoms with Gasteiger partial charge in [0.05, 0.1) is 5.56 Å². The molecule has 0 saturated heterocycles. The summed E-state index contributed by atoms with van der Waals surface area (Å²) in [6.07, 6.45) is 3.32. The lowest BCUT2D eigenvalue weighted by Crippen LogP contribution is -2.13. The maximum atomic E-state index is 12.0. The summed E-state index contributed by atoms with van der Waals surface area (Å²) in [5.74, 6) is -0.322. The van der Waals surface area contributed by atoms with Crippen LogP contribution >= 0.6 is 0 Å². The van der Waals surface area contributed by atoms with Gasteiger partial charge in [-0.3, -0.25) is 4.79 Å². The molecule has 0 aliphatic heterocycles. The minimum absolute atomic E-state index is 0.322. The van der Waals surface area contributed by atoms with E-state index in [1.807, 2.05) is 6.92 Å². The molecule has 1 amide bonds. The van der Waals surface area contributed by atoms with Crippen molar-refractivity contribution >= 4 is 5.91 Å². The highest BCUT2D eigenvalue weighted by atomic mass is 16.1. The molecule has 1 aliphatic rings. The highest BCUT2D eigenvalue weighted by molar-refractivity contribution is 6.02. The third kappa shape index (κ3) is 2.27. The Hall–Kier alpha value is -2.03. The van der Waals surface area contributed by atoms with Gasteiger partial charge < -0.3 is 10.3 Å². The van der Waals surface area contributed by atoms with E-state index >= 15 is 0 Å². The van der Waals surface area contributed by atoms with Crippen molar-refractivity contribution in [3.05, 3.63) is 46.8 Å². The summed E-state index contributed by atoms with van der Waals surface area (Å²) in [6, 6.07) is 8.91. The number of nitrogens with zero attached hydrogens (tertiary/aromatic N) is 1. The van der Waals surface area contributed by atoms with Gasteiger partial charge in [-0.2, -0.15) is 0 Å². The van der Waals surface area contributed by atoms with Gasteiger partial charge in [0.2, 0.25) is 0 Å². The molecule has 3 rings (SSSR count). The second kappa shape index (κ2) is 5.06. The van der Waals surface area contributed by atoms with Gasteiger partial charge in [-0.25, -0.2) is 0 Å². The number of carbonyl (C=O) groups excluding carboxylic acids is 1. The van der Waals surface area contributed by atoms with Gasteiger partial charge in [-0.1, -0.05) is 36.8 Å². The molecule has 21 heavy (non-hydrogen) atoms. The molecule has 1 aliphatic carbocycles. The minimum Gasteiger partial charge on any atom is -0.366 e. The quantitative estimate of drug-likeness (QED) is 0.911. The molecule has 0 unspecified atom stereocenters. The Bertz CT molecular complexity index is 691. The van der Waals surface area contributed by atoms with E-state index in [1.165, 1.54) is 24.1 Å². The van der Waals surface area contributed by atoms with Gasteiger partial charge in [-0.15, -0.1) is 0 Å². The molecule has 0 radical (unpaired) electrons. The van der Waals surface area contributed by atoms with Crippen LogP contribution in [0.25, 0.3) is 11.1 Å². The number of rotatable bonds is 4. The fourth-order valence-corrected chi connectivity index (χ4v) is 3.28. The zero-order valence-electron chi connectivity index (χ0n) is 12.9. The van der Waals surface area contributed by atoms with E-state index in [0.717, 1.165) is 23.2 Å². The largest absolute Gasteiger partial charge is 0.366 e. The summed E-state index contributed by atoms with van der Waals surface area (Å²) in [5.41, 5.74) is 12.0. The molecule has 1 fully saturated rings. The van der Waals surface area contributed by atoms with Gasteiger partial charge in [0.15, 0.2) is 0 Å². The van der Waals surface area contributed by atoms with Crippen LogP contribution in [0.3, 0.4) is 0 Å². The first-order valence-corrected chi connectivity index (χ1v) is 7.65. The Morgan fingerprint density at radius 1 is 1.24 bits per heavy atom. The van der Waals surface area contributed by atoms with E-state index in [1.54, 1.807) is 0 Å². The number of primary amides is 1. The van der Waals surface area contributed by atoms with Crippen molar-refractivity contribution in [2.45, 2.75) is 46.1 Å². The zero-order chi connectivity index (χ0) is 15.1. The molecule has 3 heteroatoms. The van der Waals surface area contributed by atoms with Gasteiger partial charge in [0, 0.05) is 23.0 Å². The molecule has 0 atom stereocenters. The van der Waals surface area contributed by atoms with E-state index in [9.17, 15) is 4.79 Å². The number of benzene rings is 1. The van der Waals surface area contributed by atoms with Crippen LogP contribution in [0.5, 0.6) is 0 Å². The molecule has 110 valence electrons. The number of hydrogen-bond acceptors (Lipinski definition) is 1. The Balaban J connectivity index is 2.28.